The van der Waals surface area contributed by atoms with Crippen molar-refractivity contribution in [3.63, 3.8) is 0 Å². The molecule has 0 amide bonds. The SMILES string of the molecule is CCCCCCCCCC/C=C\CCCCCCCCCCCCCCCCOCC(COC1OC(COC2OC(CO)C(O)C(O)C2O)C(O)C(O)C1O)OC(=O)CCCCCCCCCCCCCC. The largest absolute Gasteiger partial charge is 0.457 e. The molecule has 2 rings (SSSR count). The predicted octanol–water partition coefficient (Wildman–Crippen LogP) is 10.6. The Hall–Kier alpha value is -1.27. The molecule has 0 spiro atoms. The van der Waals surface area contributed by atoms with Crippen molar-refractivity contribution in [2.45, 2.75) is 319 Å². The monoisotopic (exact) mass is 1030 g/mol. The van der Waals surface area contributed by atoms with Gasteiger partial charge >= 0.3 is 5.97 Å². The molecule has 0 radical (unpaired) electrons. The Morgan fingerprint density at radius 2 is 0.819 bits per heavy atom. The van der Waals surface area contributed by atoms with Gasteiger partial charge in [0.1, 0.15) is 54.9 Å². The van der Waals surface area contributed by atoms with Gasteiger partial charge in [-0.05, 0) is 38.5 Å². The van der Waals surface area contributed by atoms with E-state index in [9.17, 15) is 40.5 Å². The fourth-order valence-corrected chi connectivity index (χ4v) is 9.69. The zero-order chi connectivity index (χ0) is 52.3. The molecule has 7 N–H and O–H groups in total. The molecule has 11 unspecified atom stereocenters. The van der Waals surface area contributed by atoms with Gasteiger partial charge in [0.2, 0.25) is 0 Å². The lowest BCUT2D eigenvalue weighted by molar-refractivity contribution is -0.332. The lowest BCUT2D eigenvalue weighted by Crippen LogP contribution is -2.61. The van der Waals surface area contributed by atoms with Crippen molar-refractivity contribution >= 4 is 5.97 Å². The van der Waals surface area contributed by atoms with Gasteiger partial charge in [-0.3, -0.25) is 4.79 Å². The van der Waals surface area contributed by atoms with Crippen molar-refractivity contribution in [3.05, 3.63) is 12.2 Å². The second kappa shape index (κ2) is 45.9. The first-order chi connectivity index (χ1) is 35.1. The molecule has 0 aromatic rings. The maximum Gasteiger partial charge on any atom is 0.306 e. The van der Waals surface area contributed by atoms with Gasteiger partial charge in [-0.25, -0.2) is 0 Å². The number of aliphatic hydroxyl groups is 7. The summed E-state index contributed by atoms with van der Waals surface area (Å²) in [4.78, 5) is 13.0. The normalized spacial score (nSPS) is 25.1. The number of hydrogen-bond acceptors (Lipinski definition) is 14. The van der Waals surface area contributed by atoms with Crippen LogP contribution in [0, 0.1) is 0 Å². The van der Waals surface area contributed by atoms with E-state index in [2.05, 4.69) is 26.0 Å². The summed E-state index contributed by atoms with van der Waals surface area (Å²) in [5.74, 6) is -0.372. The van der Waals surface area contributed by atoms with Crippen molar-refractivity contribution in [2.75, 3.05) is 33.0 Å². The van der Waals surface area contributed by atoms with E-state index < -0.39 is 80.7 Å². The number of rotatable bonds is 49. The highest BCUT2D eigenvalue weighted by Crippen LogP contribution is 2.27. The van der Waals surface area contributed by atoms with E-state index in [1.165, 1.54) is 186 Å². The number of unbranched alkanes of at least 4 members (excludes halogenated alkanes) is 33. The Morgan fingerprint density at radius 1 is 0.444 bits per heavy atom. The molecule has 2 aliphatic rings. The molecule has 11 atom stereocenters. The summed E-state index contributed by atoms with van der Waals surface area (Å²) >= 11 is 0. The zero-order valence-corrected chi connectivity index (χ0v) is 45.7. The van der Waals surface area contributed by atoms with Crippen LogP contribution in [0.5, 0.6) is 0 Å². The van der Waals surface area contributed by atoms with Crippen molar-refractivity contribution in [2.24, 2.45) is 0 Å². The van der Waals surface area contributed by atoms with E-state index >= 15 is 0 Å². The maximum absolute atomic E-state index is 13.0. The molecule has 0 aliphatic carbocycles. The van der Waals surface area contributed by atoms with Crippen LogP contribution in [0.15, 0.2) is 12.2 Å². The second-order valence-electron chi connectivity index (χ2n) is 21.2. The Bertz CT molecular complexity index is 1240. The van der Waals surface area contributed by atoms with Gasteiger partial charge in [0.05, 0.1) is 26.4 Å². The number of carbonyl (C=O) groups excluding carboxylic acids is 1. The van der Waals surface area contributed by atoms with Crippen LogP contribution in [-0.4, -0.2) is 142 Å². The topological polar surface area (TPSA) is 214 Å². The molecule has 14 nitrogen and oxygen atoms in total. The highest BCUT2D eigenvalue weighted by atomic mass is 16.7. The quantitative estimate of drug-likeness (QED) is 0.0172. The maximum atomic E-state index is 13.0. The minimum Gasteiger partial charge on any atom is -0.457 e. The Balaban J connectivity index is 1.64. The fraction of sp³-hybridized carbons (Fsp3) is 0.948. The van der Waals surface area contributed by atoms with Crippen LogP contribution in [0.25, 0.3) is 0 Å². The summed E-state index contributed by atoms with van der Waals surface area (Å²) in [5, 5.41) is 72.3. The fourth-order valence-electron chi connectivity index (χ4n) is 9.69. The van der Waals surface area contributed by atoms with Gasteiger partial charge in [0.25, 0.3) is 0 Å². The number of hydrogen-bond donors (Lipinski definition) is 7. The molecule has 0 saturated carbocycles. The van der Waals surface area contributed by atoms with Crippen molar-refractivity contribution in [3.8, 4) is 0 Å². The molecule has 0 bridgehead atoms. The molecule has 0 aromatic carbocycles. The van der Waals surface area contributed by atoms with Gasteiger partial charge in [0.15, 0.2) is 12.6 Å². The minimum absolute atomic E-state index is 0.0681. The molecular weight excluding hydrogens is 921 g/mol. The number of carbonyl (C=O) groups is 1. The third-order valence-electron chi connectivity index (χ3n) is 14.5. The zero-order valence-electron chi connectivity index (χ0n) is 45.7. The molecule has 2 fully saturated rings. The third-order valence-corrected chi connectivity index (χ3v) is 14.5. The highest BCUT2D eigenvalue weighted by molar-refractivity contribution is 5.69. The third kappa shape index (κ3) is 32.3. The average Bonchev–Trinajstić information content (AvgIpc) is 3.38. The summed E-state index contributed by atoms with van der Waals surface area (Å²) in [5.41, 5.74) is 0. The molecular formula is C58H110O14. The molecule has 0 aromatic heterocycles. The van der Waals surface area contributed by atoms with Crippen LogP contribution in [0.4, 0.5) is 0 Å². The van der Waals surface area contributed by atoms with Crippen molar-refractivity contribution in [1.82, 2.24) is 0 Å². The van der Waals surface area contributed by atoms with Crippen LogP contribution in [0.3, 0.4) is 0 Å². The average molecular weight is 1030 g/mol. The lowest BCUT2D eigenvalue weighted by atomic mass is 9.98. The summed E-state index contributed by atoms with van der Waals surface area (Å²) < 4.78 is 34.4. The Kier molecular flexibility index (Phi) is 42.6. The number of esters is 1. The van der Waals surface area contributed by atoms with Crippen LogP contribution >= 0.6 is 0 Å². The standard InChI is InChI=1S/C58H110O14/c1-3-5-7-9-11-13-15-17-18-19-20-21-22-23-24-25-26-27-28-29-30-32-34-36-38-40-42-67-44-47(70-50(60)41-39-37-35-33-31-16-14-12-10-8-6-4-2)45-68-57-56(66)54(64)52(62)49(72-57)46-69-58-55(65)53(63)51(61)48(43-59)71-58/h19-20,47-49,51-59,61-66H,3-18,21-46H2,1-2H3/b20-19-. The molecule has 2 aliphatic heterocycles. The van der Waals surface area contributed by atoms with Gasteiger partial charge in [0, 0.05) is 13.0 Å². The van der Waals surface area contributed by atoms with E-state index in [1.54, 1.807) is 0 Å². The van der Waals surface area contributed by atoms with E-state index in [1.807, 2.05) is 0 Å². The van der Waals surface area contributed by atoms with E-state index in [-0.39, 0.29) is 25.6 Å². The first-order valence-corrected chi connectivity index (χ1v) is 29.8. The van der Waals surface area contributed by atoms with Gasteiger partial charge in [-0.1, -0.05) is 219 Å². The minimum atomic E-state index is -1.70. The number of allylic oxidation sites excluding steroid dienone is 2. The molecule has 14 heteroatoms. The first kappa shape index (κ1) is 66.8. The van der Waals surface area contributed by atoms with Crippen LogP contribution in [-0.2, 0) is 33.2 Å². The lowest BCUT2D eigenvalue weighted by Gasteiger charge is -2.42. The summed E-state index contributed by atoms with van der Waals surface area (Å²) in [7, 11) is 0. The summed E-state index contributed by atoms with van der Waals surface area (Å²) in [6.45, 7) is 3.73. The molecule has 72 heavy (non-hydrogen) atoms. The van der Waals surface area contributed by atoms with E-state index in [0.717, 1.165) is 38.5 Å². The summed E-state index contributed by atoms with van der Waals surface area (Å²) in [6, 6.07) is 0. The van der Waals surface area contributed by atoms with Gasteiger partial charge in [-0.15, -0.1) is 0 Å². The van der Waals surface area contributed by atoms with Crippen molar-refractivity contribution < 1.29 is 69.0 Å². The number of aliphatic hydroxyl groups excluding tert-OH is 7. The number of ether oxygens (including phenoxy) is 6. The van der Waals surface area contributed by atoms with Crippen LogP contribution < -0.4 is 0 Å². The first-order valence-electron chi connectivity index (χ1n) is 29.8. The smallest absolute Gasteiger partial charge is 0.306 e. The molecule has 2 heterocycles. The van der Waals surface area contributed by atoms with E-state index in [4.69, 9.17) is 28.4 Å². The van der Waals surface area contributed by atoms with Crippen LogP contribution in [0.2, 0.25) is 0 Å². The second-order valence-corrected chi connectivity index (χ2v) is 21.2. The van der Waals surface area contributed by atoms with Crippen LogP contribution in [0.1, 0.15) is 251 Å². The van der Waals surface area contributed by atoms with Gasteiger partial charge in [-0.2, -0.15) is 0 Å². The Morgan fingerprint density at radius 3 is 1.26 bits per heavy atom. The summed E-state index contributed by atoms with van der Waals surface area (Å²) in [6.07, 6.45) is 34.3. The van der Waals surface area contributed by atoms with E-state index in [0.29, 0.717) is 13.0 Å². The molecule has 2 saturated heterocycles. The van der Waals surface area contributed by atoms with Gasteiger partial charge < -0.3 is 64.2 Å². The highest BCUT2D eigenvalue weighted by Gasteiger charge is 2.47. The molecule has 426 valence electrons. The predicted molar refractivity (Wildman–Crippen MR) is 284 cm³/mol. The Labute approximate surface area is 437 Å². The van der Waals surface area contributed by atoms with Crippen molar-refractivity contribution in [1.29, 1.82) is 0 Å².